The van der Waals surface area contributed by atoms with E-state index < -0.39 is 9.84 Å². The van der Waals surface area contributed by atoms with Crippen LogP contribution in [-0.4, -0.2) is 43.1 Å². The third kappa shape index (κ3) is 3.10. The van der Waals surface area contributed by atoms with E-state index in [0.717, 1.165) is 43.2 Å². The Labute approximate surface area is 106 Å². The summed E-state index contributed by atoms with van der Waals surface area (Å²) >= 11 is 0. The lowest BCUT2D eigenvalue weighted by molar-refractivity contribution is 0.0950. The van der Waals surface area contributed by atoms with E-state index in [1.807, 2.05) is 0 Å². The lowest BCUT2D eigenvalue weighted by Crippen LogP contribution is -2.29. The highest BCUT2D eigenvalue weighted by Gasteiger charge is 2.21. The summed E-state index contributed by atoms with van der Waals surface area (Å²) in [6, 6.07) is 0. The number of hydrogen-bond donors (Lipinski definition) is 2. The number of aromatic nitrogens is 2. The summed E-state index contributed by atoms with van der Waals surface area (Å²) in [6.45, 7) is 0.124. The molecule has 7 heteroatoms. The van der Waals surface area contributed by atoms with Crippen LogP contribution in [0.1, 0.15) is 34.6 Å². The van der Waals surface area contributed by atoms with Crippen LogP contribution in [0.25, 0.3) is 0 Å². The predicted molar refractivity (Wildman–Crippen MR) is 67.3 cm³/mol. The Morgan fingerprint density at radius 2 is 2.11 bits per heavy atom. The molecule has 1 aromatic rings. The fourth-order valence-electron chi connectivity index (χ4n) is 2.10. The van der Waals surface area contributed by atoms with Gasteiger partial charge in [-0.3, -0.25) is 9.89 Å². The molecule has 0 aliphatic heterocycles. The summed E-state index contributed by atoms with van der Waals surface area (Å²) in [5.41, 5.74) is 2.44. The molecular formula is C11H17N3O3S. The standard InChI is InChI=1S/C11H17N3O3S/c1-18(16,17)7-6-12-11(15)10-8-4-2-3-5-9(8)13-14-10/h2-7H2,1H3,(H,12,15)(H,13,14). The molecular weight excluding hydrogens is 254 g/mol. The van der Waals surface area contributed by atoms with Crippen LogP contribution in [0, 0.1) is 0 Å². The maximum absolute atomic E-state index is 11.9. The van der Waals surface area contributed by atoms with Crippen molar-refractivity contribution in [2.24, 2.45) is 0 Å². The lowest BCUT2D eigenvalue weighted by Gasteiger charge is -2.10. The van der Waals surface area contributed by atoms with Gasteiger partial charge in [0.2, 0.25) is 0 Å². The van der Waals surface area contributed by atoms with Crippen LogP contribution in [0.4, 0.5) is 0 Å². The third-order valence-corrected chi connectivity index (χ3v) is 3.98. The highest BCUT2D eigenvalue weighted by Crippen LogP contribution is 2.21. The average molecular weight is 271 g/mol. The van der Waals surface area contributed by atoms with Gasteiger partial charge in [0.25, 0.3) is 5.91 Å². The van der Waals surface area contributed by atoms with Crippen molar-refractivity contribution in [2.45, 2.75) is 25.7 Å². The summed E-state index contributed by atoms with van der Waals surface area (Å²) < 4.78 is 21.9. The van der Waals surface area contributed by atoms with Crippen molar-refractivity contribution >= 4 is 15.7 Å². The molecule has 2 rings (SSSR count). The van der Waals surface area contributed by atoms with Gasteiger partial charge in [0, 0.05) is 24.1 Å². The number of H-pyrrole nitrogens is 1. The highest BCUT2D eigenvalue weighted by atomic mass is 32.2. The molecule has 0 atom stereocenters. The molecule has 1 aliphatic carbocycles. The molecule has 1 aliphatic rings. The Morgan fingerprint density at radius 1 is 1.39 bits per heavy atom. The number of rotatable bonds is 4. The summed E-state index contributed by atoms with van der Waals surface area (Å²) in [4.78, 5) is 11.9. The number of aromatic amines is 1. The van der Waals surface area contributed by atoms with Gasteiger partial charge < -0.3 is 5.32 Å². The smallest absolute Gasteiger partial charge is 0.272 e. The van der Waals surface area contributed by atoms with Gasteiger partial charge in [-0.15, -0.1) is 0 Å². The van der Waals surface area contributed by atoms with Crippen molar-refractivity contribution in [2.75, 3.05) is 18.6 Å². The SMILES string of the molecule is CS(=O)(=O)CCNC(=O)c1n[nH]c2c1CCCC2. The van der Waals surface area contributed by atoms with Crippen LogP contribution in [0.3, 0.4) is 0 Å². The van der Waals surface area contributed by atoms with Gasteiger partial charge >= 0.3 is 0 Å². The molecule has 0 saturated heterocycles. The second-order valence-corrected chi connectivity index (χ2v) is 6.88. The van der Waals surface area contributed by atoms with E-state index in [1.165, 1.54) is 0 Å². The first-order chi connectivity index (χ1) is 8.47. The van der Waals surface area contributed by atoms with Crippen molar-refractivity contribution in [1.82, 2.24) is 15.5 Å². The van der Waals surface area contributed by atoms with Crippen LogP contribution >= 0.6 is 0 Å². The number of hydrogen-bond acceptors (Lipinski definition) is 4. The second-order valence-electron chi connectivity index (χ2n) is 4.62. The largest absolute Gasteiger partial charge is 0.350 e. The van der Waals surface area contributed by atoms with Crippen LogP contribution in [0.2, 0.25) is 0 Å². The van der Waals surface area contributed by atoms with E-state index in [4.69, 9.17) is 0 Å². The van der Waals surface area contributed by atoms with E-state index in [9.17, 15) is 13.2 Å². The minimum absolute atomic E-state index is 0.0502. The van der Waals surface area contributed by atoms with E-state index in [2.05, 4.69) is 15.5 Å². The summed E-state index contributed by atoms with van der Waals surface area (Å²) in [5, 5.41) is 9.50. The molecule has 18 heavy (non-hydrogen) atoms. The first-order valence-corrected chi connectivity index (χ1v) is 8.05. The average Bonchev–Trinajstić information content (AvgIpc) is 2.70. The van der Waals surface area contributed by atoms with Crippen LogP contribution in [0.15, 0.2) is 0 Å². The van der Waals surface area contributed by atoms with E-state index in [0.29, 0.717) is 5.69 Å². The maximum Gasteiger partial charge on any atom is 0.272 e. The molecule has 0 radical (unpaired) electrons. The van der Waals surface area contributed by atoms with E-state index in [1.54, 1.807) is 0 Å². The maximum atomic E-state index is 11.9. The van der Waals surface area contributed by atoms with Crippen molar-refractivity contribution in [3.8, 4) is 0 Å². The monoisotopic (exact) mass is 271 g/mol. The van der Waals surface area contributed by atoms with Gasteiger partial charge in [-0.1, -0.05) is 0 Å². The summed E-state index contributed by atoms with van der Waals surface area (Å²) in [5.74, 6) is -0.344. The van der Waals surface area contributed by atoms with E-state index >= 15 is 0 Å². The Morgan fingerprint density at radius 3 is 2.83 bits per heavy atom. The quantitative estimate of drug-likeness (QED) is 0.810. The first kappa shape index (κ1) is 13.1. The summed E-state index contributed by atoms with van der Waals surface area (Å²) in [7, 11) is -3.05. The minimum Gasteiger partial charge on any atom is -0.350 e. The van der Waals surface area contributed by atoms with Gasteiger partial charge in [-0.25, -0.2) is 8.42 Å². The van der Waals surface area contributed by atoms with Gasteiger partial charge in [0.15, 0.2) is 5.69 Å². The number of aryl methyl sites for hydroxylation is 1. The Bertz CT molecular complexity index is 548. The molecule has 0 spiro atoms. The van der Waals surface area contributed by atoms with Crippen LogP contribution < -0.4 is 5.32 Å². The molecule has 1 heterocycles. The number of nitrogens with zero attached hydrogens (tertiary/aromatic N) is 1. The second kappa shape index (κ2) is 5.09. The first-order valence-electron chi connectivity index (χ1n) is 5.99. The molecule has 100 valence electrons. The Hall–Kier alpha value is -1.37. The molecule has 0 aromatic carbocycles. The number of carbonyl (C=O) groups is 1. The van der Waals surface area contributed by atoms with Crippen LogP contribution in [0.5, 0.6) is 0 Å². The molecule has 0 fully saturated rings. The Kier molecular flexibility index (Phi) is 3.70. The fraction of sp³-hybridized carbons (Fsp3) is 0.636. The highest BCUT2D eigenvalue weighted by molar-refractivity contribution is 7.90. The minimum atomic E-state index is -3.05. The van der Waals surface area contributed by atoms with E-state index in [-0.39, 0.29) is 18.2 Å². The molecule has 1 aromatic heterocycles. The predicted octanol–water partition coefficient (Wildman–Crippen LogP) is 0.0629. The van der Waals surface area contributed by atoms with Crippen molar-refractivity contribution in [1.29, 1.82) is 0 Å². The summed E-state index contributed by atoms with van der Waals surface area (Å²) in [6.07, 6.45) is 5.12. The number of nitrogens with one attached hydrogen (secondary N) is 2. The zero-order valence-corrected chi connectivity index (χ0v) is 11.1. The van der Waals surface area contributed by atoms with Gasteiger partial charge in [0.05, 0.1) is 5.75 Å². The molecule has 0 unspecified atom stereocenters. The van der Waals surface area contributed by atoms with Gasteiger partial charge in [-0.05, 0) is 25.7 Å². The normalized spacial score (nSPS) is 15.2. The molecule has 1 amide bonds. The molecule has 0 bridgehead atoms. The third-order valence-electron chi connectivity index (χ3n) is 3.03. The van der Waals surface area contributed by atoms with Gasteiger partial charge in [0.1, 0.15) is 9.84 Å². The number of amides is 1. The zero-order valence-electron chi connectivity index (χ0n) is 10.3. The van der Waals surface area contributed by atoms with Crippen LogP contribution in [-0.2, 0) is 22.7 Å². The number of fused-ring (bicyclic) bond motifs is 1. The van der Waals surface area contributed by atoms with Crippen molar-refractivity contribution < 1.29 is 13.2 Å². The Balaban J connectivity index is 1.99. The topological polar surface area (TPSA) is 91.9 Å². The van der Waals surface area contributed by atoms with Crippen molar-refractivity contribution in [3.63, 3.8) is 0 Å². The molecule has 2 N–H and O–H groups in total. The zero-order chi connectivity index (χ0) is 13.2. The number of sulfone groups is 1. The lowest BCUT2D eigenvalue weighted by atomic mass is 9.96. The van der Waals surface area contributed by atoms with Gasteiger partial charge in [-0.2, -0.15) is 5.10 Å². The fourth-order valence-corrected chi connectivity index (χ4v) is 2.58. The van der Waals surface area contributed by atoms with Crippen molar-refractivity contribution in [3.05, 3.63) is 17.0 Å². The number of carbonyl (C=O) groups excluding carboxylic acids is 1. The molecule has 0 saturated carbocycles. The molecule has 6 nitrogen and oxygen atoms in total.